The van der Waals surface area contributed by atoms with Crippen LogP contribution in [0.1, 0.15) is 16.7 Å². The second-order valence-corrected chi connectivity index (χ2v) is 5.32. The van der Waals surface area contributed by atoms with Crippen LogP contribution >= 0.6 is 0 Å². The number of hydrogen-bond acceptors (Lipinski definition) is 3. The maximum Gasteiger partial charge on any atom is 0.250 e. The van der Waals surface area contributed by atoms with Crippen LogP contribution in [0, 0.1) is 0 Å². The minimum absolute atomic E-state index is 0.0608. The smallest absolute Gasteiger partial charge is 0.250 e. The number of benzene rings is 1. The number of amides is 1. The van der Waals surface area contributed by atoms with Gasteiger partial charge in [-0.05, 0) is 47.4 Å². The predicted molar refractivity (Wildman–Crippen MR) is 87.5 cm³/mol. The normalized spacial score (nSPS) is 12.7. The molecule has 3 rings (SSSR count). The summed E-state index contributed by atoms with van der Waals surface area (Å²) in [5, 5.41) is 3.34. The highest BCUT2D eigenvalue weighted by molar-refractivity contribution is 6.01. The van der Waals surface area contributed by atoms with Crippen LogP contribution in [0.2, 0.25) is 0 Å². The summed E-state index contributed by atoms with van der Waals surface area (Å²) in [6.07, 6.45) is 5.73. The lowest BCUT2D eigenvalue weighted by Gasteiger charge is -2.24. The van der Waals surface area contributed by atoms with Crippen LogP contribution in [0.25, 0.3) is 0 Å². The van der Waals surface area contributed by atoms with Crippen molar-refractivity contribution in [1.29, 1.82) is 0 Å². The molecular weight excluding hydrogens is 274 g/mol. The average molecular weight is 293 g/mol. The Balaban J connectivity index is 1.86. The summed E-state index contributed by atoms with van der Waals surface area (Å²) in [5.41, 5.74) is 4.64. The molecule has 1 aliphatic rings. The van der Waals surface area contributed by atoms with Gasteiger partial charge in [0.1, 0.15) is 0 Å². The molecule has 1 aromatic heterocycles. The third kappa shape index (κ3) is 2.92. The van der Waals surface area contributed by atoms with E-state index in [1.165, 1.54) is 22.8 Å². The molecule has 1 N–H and O–H groups in total. The number of pyridine rings is 1. The van der Waals surface area contributed by atoms with E-state index in [-0.39, 0.29) is 5.91 Å². The third-order valence-electron chi connectivity index (χ3n) is 3.97. The third-order valence-corrected chi connectivity index (χ3v) is 3.97. The SMILES string of the molecule is C=CC(=O)N(CCc1ccncc1)c1cccc2c1CNC2. The molecule has 0 saturated heterocycles. The number of fused-ring (bicyclic) bond motifs is 1. The first-order chi connectivity index (χ1) is 10.8. The van der Waals surface area contributed by atoms with Crippen molar-refractivity contribution in [3.05, 3.63) is 72.1 Å². The maximum absolute atomic E-state index is 12.3. The number of hydrogen-bond donors (Lipinski definition) is 1. The van der Waals surface area contributed by atoms with Gasteiger partial charge in [-0.3, -0.25) is 9.78 Å². The molecule has 1 amide bonds. The van der Waals surface area contributed by atoms with Gasteiger partial charge in [-0.2, -0.15) is 0 Å². The van der Waals surface area contributed by atoms with Gasteiger partial charge in [0.2, 0.25) is 5.91 Å². The zero-order valence-corrected chi connectivity index (χ0v) is 12.5. The van der Waals surface area contributed by atoms with E-state index in [4.69, 9.17) is 0 Å². The molecule has 0 radical (unpaired) electrons. The Hall–Kier alpha value is -2.46. The summed E-state index contributed by atoms with van der Waals surface area (Å²) in [4.78, 5) is 18.2. The van der Waals surface area contributed by atoms with Crippen LogP contribution in [0.3, 0.4) is 0 Å². The highest BCUT2D eigenvalue weighted by Crippen LogP contribution is 2.28. The molecule has 0 fully saturated rings. The van der Waals surface area contributed by atoms with Crippen LogP contribution < -0.4 is 10.2 Å². The lowest BCUT2D eigenvalue weighted by molar-refractivity contribution is -0.114. The van der Waals surface area contributed by atoms with Gasteiger partial charge in [0.15, 0.2) is 0 Å². The van der Waals surface area contributed by atoms with Gasteiger partial charge in [0.25, 0.3) is 0 Å². The molecule has 0 bridgehead atoms. The first kappa shape index (κ1) is 14.5. The summed E-state index contributed by atoms with van der Waals surface area (Å²) in [7, 11) is 0. The first-order valence-corrected chi connectivity index (χ1v) is 7.44. The Bertz CT molecular complexity index is 682. The van der Waals surface area contributed by atoms with Crippen molar-refractivity contribution >= 4 is 11.6 Å². The molecule has 4 heteroatoms. The van der Waals surface area contributed by atoms with E-state index in [1.54, 1.807) is 12.4 Å². The lowest BCUT2D eigenvalue weighted by atomic mass is 10.1. The van der Waals surface area contributed by atoms with Crippen LogP contribution in [0.15, 0.2) is 55.4 Å². The summed E-state index contributed by atoms with van der Waals surface area (Å²) >= 11 is 0. The fraction of sp³-hybridized carbons (Fsp3) is 0.222. The van der Waals surface area contributed by atoms with Gasteiger partial charge >= 0.3 is 0 Å². The van der Waals surface area contributed by atoms with E-state index in [0.29, 0.717) is 6.54 Å². The number of carbonyl (C=O) groups excluding carboxylic acids is 1. The topological polar surface area (TPSA) is 45.2 Å². The van der Waals surface area contributed by atoms with Crippen molar-refractivity contribution in [3.8, 4) is 0 Å². The fourth-order valence-corrected chi connectivity index (χ4v) is 2.82. The number of aromatic nitrogens is 1. The quantitative estimate of drug-likeness (QED) is 0.861. The molecular formula is C18H19N3O. The molecule has 4 nitrogen and oxygen atoms in total. The standard InChI is InChI=1S/C18H19N3O/c1-2-18(22)21(11-8-14-6-9-19-10-7-14)17-5-3-4-15-12-20-13-16(15)17/h2-7,9-10,20H,1,8,11-13H2. The van der Waals surface area contributed by atoms with E-state index in [0.717, 1.165) is 25.2 Å². The molecule has 1 aliphatic heterocycles. The van der Waals surface area contributed by atoms with E-state index < -0.39 is 0 Å². The largest absolute Gasteiger partial charge is 0.309 e. The monoisotopic (exact) mass is 293 g/mol. The summed E-state index contributed by atoms with van der Waals surface area (Å²) in [6.45, 7) is 5.94. The molecule has 0 saturated carbocycles. The Morgan fingerprint density at radius 3 is 2.86 bits per heavy atom. The van der Waals surface area contributed by atoms with Crippen LogP contribution in [0.5, 0.6) is 0 Å². The van der Waals surface area contributed by atoms with E-state index in [9.17, 15) is 4.79 Å². The van der Waals surface area contributed by atoms with E-state index in [1.807, 2.05) is 29.2 Å². The molecule has 0 spiro atoms. The zero-order valence-electron chi connectivity index (χ0n) is 12.5. The van der Waals surface area contributed by atoms with Gasteiger partial charge in [-0.15, -0.1) is 0 Å². The summed E-state index contributed by atoms with van der Waals surface area (Å²) in [5.74, 6) is -0.0608. The lowest BCUT2D eigenvalue weighted by Crippen LogP contribution is -2.32. The second-order valence-electron chi connectivity index (χ2n) is 5.32. The molecule has 2 aromatic rings. The van der Waals surface area contributed by atoms with Gasteiger partial charge < -0.3 is 10.2 Å². The van der Waals surface area contributed by atoms with Gasteiger partial charge in [-0.25, -0.2) is 0 Å². The molecule has 2 heterocycles. The summed E-state index contributed by atoms with van der Waals surface area (Å²) in [6, 6.07) is 10.1. The molecule has 0 atom stereocenters. The van der Waals surface area contributed by atoms with Gasteiger partial charge in [0, 0.05) is 37.7 Å². The minimum Gasteiger partial charge on any atom is -0.309 e. The van der Waals surface area contributed by atoms with Crippen LogP contribution in [-0.2, 0) is 24.3 Å². The highest BCUT2D eigenvalue weighted by atomic mass is 16.2. The fourth-order valence-electron chi connectivity index (χ4n) is 2.82. The predicted octanol–water partition coefficient (Wildman–Crippen LogP) is 2.45. The number of nitrogens with zero attached hydrogens (tertiary/aromatic N) is 2. The Morgan fingerprint density at radius 1 is 1.27 bits per heavy atom. The molecule has 0 aliphatic carbocycles. The van der Waals surface area contributed by atoms with Crippen molar-refractivity contribution in [1.82, 2.24) is 10.3 Å². The van der Waals surface area contributed by atoms with Crippen LogP contribution in [0.4, 0.5) is 5.69 Å². The molecule has 22 heavy (non-hydrogen) atoms. The zero-order chi connectivity index (χ0) is 15.4. The van der Waals surface area contributed by atoms with Crippen LogP contribution in [-0.4, -0.2) is 17.4 Å². The number of rotatable bonds is 5. The minimum atomic E-state index is -0.0608. The number of carbonyl (C=O) groups is 1. The molecule has 1 aromatic carbocycles. The molecule has 112 valence electrons. The van der Waals surface area contributed by atoms with Crippen molar-refractivity contribution < 1.29 is 4.79 Å². The number of anilines is 1. The second kappa shape index (κ2) is 6.54. The van der Waals surface area contributed by atoms with Gasteiger partial charge in [-0.1, -0.05) is 18.7 Å². The van der Waals surface area contributed by atoms with Crippen molar-refractivity contribution in [3.63, 3.8) is 0 Å². The first-order valence-electron chi connectivity index (χ1n) is 7.44. The Kier molecular flexibility index (Phi) is 4.30. The summed E-state index contributed by atoms with van der Waals surface area (Å²) < 4.78 is 0. The Labute approximate surface area is 130 Å². The highest BCUT2D eigenvalue weighted by Gasteiger charge is 2.20. The van der Waals surface area contributed by atoms with Crippen molar-refractivity contribution in [2.75, 3.05) is 11.4 Å². The maximum atomic E-state index is 12.3. The Morgan fingerprint density at radius 2 is 2.09 bits per heavy atom. The molecule has 0 unspecified atom stereocenters. The van der Waals surface area contributed by atoms with E-state index in [2.05, 4.69) is 22.9 Å². The average Bonchev–Trinajstić information content (AvgIpc) is 3.05. The van der Waals surface area contributed by atoms with Crippen molar-refractivity contribution in [2.24, 2.45) is 0 Å². The number of nitrogens with one attached hydrogen (secondary N) is 1. The van der Waals surface area contributed by atoms with Crippen molar-refractivity contribution in [2.45, 2.75) is 19.5 Å². The van der Waals surface area contributed by atoms with Gasteiger partial charge in [0.05, 0.1) is 0 Å². The van der Waals surface area contributed by atoms with E-state index >= 15 is 0 Å².